The van der Waals surface area contributed by atoms with Crippen molar-refractivity contribution >= 4 is 23.5 Å². The molecule has 1 amide bonds. The fourth-order valence-electron chi connectivity index (χ4n) is 2.97. The highest BCUT2D eigenvalue weighted by Crippen LogP contribution is 2.35. The first-order valence-corrected chi connectivity index (χ1v) is 10.0. The maximum Gasteiger partial charge on any atom is 0.257 e. The largest absolute Gasteiger partial charge is 0.494 e. The Morgan fingerprint density at radius 2 is 2.11 bits per heavy atom. The monoisotopic (exact) mass is 385 g/mol. The van der Waals surface area contributed by atoms with Gasteiger partial charge in [0.05, 0.1) is 12.2 Å². The number of ether oxygens (including phenoxy) is 1. The van der Waals surface area contributed by atoms with Crippen molar-refractivity contribution in [2.45, 2.75) is 37.3 Å². The Morgan fingerprint density at radius 1 is 1.33 bits per heavy atom. The molecule has 0 radical (unpaired) electrons. The minimum atomic E-state index is -0.326. The summed E-state index contributed by atoms with van der Waals surface area (Å²) in [6, 6.07) is 7.59. The number of carbonyl (C=O) groups is 1. The number of H-pyrrole nitrogens is 1. The molecule has 0 fully saturated rings. The number of amides is 1. The number of rotatable bonds is 8. The van der Waals surface area contributed by atoms with Gasteiger partial charge in [0.25, 0.3) is 5.56 Å². The summed E-state index contributed by atoms with van der Waals surface area (Å²) < 4.78 is 5.69. The maximum absolute atomic E-state index is 12.7. The number of aromatic amines is 1. The number of carbonyl (C=O) groups excluding carboxylic acids is 1. The van der Waals surface area contributed by atoms with Gasteiger partial charge in [-0.25, -0.2) is 4.98 Å². The third kappa shape index (κ3) is 4.60. The van der Waals surface area contributed by atoms with Gasteiger partial charge < -0.3 is 15.0 Å². The van der Waals surface area contributed by atoms with Crippen LogP contribution in [0.2, 0.25) is 0 Å². The number of benzene rings is 1. The molecule has 2 heterocycles. The second-order valence-corrected chi connectivity index (χ2v) is 7.32. The predicted octanol–water partition coefficient (Wildman–Crippen LogP) is 3.70. The molecular formula is C20H23N3O3S. The smallest absolute Gasteiger partial charge is 0.257 e. The molecule has 0 spiro atoms. The highest BCUT2D eigenvalue weighted by Gasteiger charge is 2.30. The first kappa shape index (κ1) is 19.2. The highest BCUT2D eigenvalue weighted by atomic mass is 32.2. The number of hydrogen-bond donors (Lipinski definition) is 2. The molecule has 0 saturated carbocycles. The fourth-order valence-corrected chi connectivity index (χ4v) is 3.57. The number of unbranched alkanes of at least 4 members (excludes halogenated alkanes) is 1. The van der Waals surface area contributed by atoms with E-state index in [2.05, 4.69) is 28.8 Å². The summed E-state index contributed by atoms with van der Waals surface area (Å²) in [5.74, 6) is 1.28. The molecule has 1 aliphatic rings. The van der Waals surface area contributed by atoms with Crippen molar-refractivity contribution in [3.05, 3.63) is 58.4 Å². The zero-order valence-electron chi connectivity index (χ0n) is 15.3. The van der Waals surface area contributed by atoms with E-state index in [1.54, 1.807) is 6.08 Å². The summed E-state index contributed by atoms with van der Waals surface area (Å²) in [6.07, 6.45) is 4.03. The number of nitrogens with one attached hydrogen (secondary N) is 2. The molecule has 7 heteroatoms. The van der Waals surface area contributed by atoms with Gasteiger partial charge in [0.15, 0.2) is 5.16 Å². The average molecular weight is 385 g/mol. The maximum atomic E-state index is 12.7. The fraction of sp³-hybridized carbons (Fsp3) is 0.350. The standard InChI is InChI=1S/C20H23N3O3S/c1-3-5-10-26-14-8-6-13(7-9-14)15-12-16(24)21-18-17(15)19(25)23-20(22-18)27-11-4-2/h4,6-9,15H,2-3,5,10-12H2,1H3,(H2,21,22,23,24,25)/t15-/m0/s1. The van der Waals surface area contributed by atoms with Crippen LogP contribution in [0, 0.1) is 0 Å². The summed E-state index contributed by atoms with van der Waals surface area (Å²) in [5.41, 5.74) is 1.17. The van der Waals surface area contributed by atoms with Gasteiger partial charge in [0.2, 0.25) is 5.91 Å². The van der Waals surface area contributed by atoms with Crippen molar-refractivity contribution in [2.75, 3.05) is 17.7 Å². The van der Waals surface area contributed by atoms with Crippen molar-refractivity contribution in [3.8, 4) is 5.75 Å². The Labute approximate surface area is 162 Å². The Hall–Kier alpha value is -2.54. The van der Waals surface area contributed by atoms with Gasteiger partial charge in [-0.15, -0.1) is 6.58 Å². The molecule has 0 bridgehead atoms. The van der Waals surface area contributed by atoms with Gasteiger partial charge in [-0.3, -0.25) is 9.59 Å². The number of hydrogen-bond acceptors (Lipinski definition) is 5. The molecule has 3 rings (SSSR count). The molecule has 142 valence electrons. The van der Waals surface area contributed by atoms with Crippen LogP contribution in [0.5, 0.6) is 5.75 Å². The van der Waals surface area contributed by atoms with Crippen molar-refractivity contribution in [1.82, 2.24) is 9.97 Å². The van der Waals surface area contributed by atoms with Crippen molar-refractivity contribution < 1.29 is 9.53 Å². The lowest BCUT2D eigenvalue weighted by molar-refractivity contribution is -0.116. The normalized spacial score (nSPS) is 15.7. The lowest BCUT2D eigenvalue weighted by Crippen LogP contribution is -2.31. The van der Waals surface area contributed by atoms with Crippen LogP contribution in [0.25, 0.3) is 0 Å². The van der Waals surface area contributed by atoms with Crippen LogP contribution in [0.4, 0.5) is 5.82 Å². The van der Waals surface area contributed by atoms with Crippen LogP contribution in [-0.4, -0.2) is 28.2 Å². The van der Waals surface area contributed by atoms with Crippen molar-refractivity contribution in [1.29, 1.82) is 0 Å². The van der Waals surface area contributed by atoms with Gasteiger partial charge >= 0.3 is 0 Å². The third-order valence-electron chi connectivity index (χ3n) is 4.32. The molecule has 2 N–H and O–H groups in total. The third-order valence-corrected chi connectivity index (χ3v) is 5.19. The molecule has 6 nitrogen and oxygen atoms in total. The lowest BCUT2D eigenvalue weighted by Gasteiger charge is -2.24. The first-order valence-electron chi connectivity index (χ1n) is 9.03. The van der Waals surface area contributed by atoms with Crippen LogP contribution in [-0.2, 0) is 4.79 Å². The van der Waals surface area contributed by atoms with E-state index in [4.69, 9.17) is 4.74 Å². The van der Waals surface area contributed by atoms with Gasteiger partial charge in [0, 0.05) is 18.1 Å². The molecule has 0 saturated heterocycles. The zero-order chi connectivity index (χ0) is 19.2. The second kappa shape index (κ2) is 8.90. The number of fused-ring (bicyclic) bond motifs is 1. The SMILES string of the molecule is C=CCSc1nc2c(c(=O)[nH]1)[C@H](c1ccc(OCCCC)cc1)CC(=O)N2. The molecule has 1 atom stereocenters. The van der Waals surface area contributed by atoms with Gasteiger partial charge in [-0.2, -0.15) is 0 Å². The average Bonchev–Trinajstić information content (AvgIpc) is 2.66. The predicted molar refractivity (Wildman–Crippen MR) is 108 cm³/mol. The summed E-state index contributed by atoms with van der Waals surface area (Å²) >= 11 is 1.36. The van der Waals surface area contributed by atoms with Crippen LogP contribution < -0.4 is 15.6 Å². The Bertz CT molecular complexity index is 877. The molecule has 1 aromatic carbocycles. The van der Waals surface area contributed by atoms with E-state index in [0.717, 1.165) is 24.2 Å². The lowest BCUT2D eigenvalue weighted by atomic mass is 9.87. The number of nitrogens with zero attached hydrogens (tertiary/aromatic N) is 1. The van der Waals surface area contributed by atoms with Crippen LogP contribution in [0.15, 0.2) is 46.9 Å². The van der Waals surface area contributed by atoms with E-state index in [9.17, 15) is 9.59 Å². The summed E-state index contributed by atoms with van der Waals surface area (Å²) in [5, 5.41) is 3.20. The van der Waals surface area contributed by atoms with E-state index in [1.807, 2.05) is 24.3 Å². The topological polar surface area (TPSA) is 84.1 Å². The van der Waals surface area contributed by atoms with Gasteiger partial charge in [0.1, 0.15) is 11.6 Å². The number of anilines is 1. The summed E-state index contributed by atoms with van der Waals surface area (Å²) in [7, 11) is 0. The van der Waals surface area contributed by atoms with E-state index in [0.29, 0.717) is 28.9 Å². The second-order valence-electron chi connectivity index (χ2n) is 6.31. The van der Waals surface area contributed by atoms with Crippen molar-refractivity contribution in [3.63, 3.8) is 0 Å². The van der Waals surface area contributed by atoms with Crippen LogP contribution >= 0.6 is 11.8 Å². The Morgan fingerprint density at radius 3 is 2.81 bits per heavy atom. The minimum Gasteiger partial charge on any atom is -0.494 e. The van der Waals surface area contributed by atoms with E-state index in [-0.39, 0.29) is 23.8 Å². The summed E-state index contributed by atoms with van der Waals surface area (Å²) in [4.78, 5) is 32.1. The van der Waals surface area contributed by atoms with Crippen LogP contribution in [0.1, 0.15) is 43.2 Å². The highest BCUT2D eigenvalue weighted by molar-refractivity contribution is 7.99. The van der Waals surface area contributed by atoms with E-state index >= 15 is 0 Å². The molecular weight excluding hydrogens is 362 g/mol. The molecule has 1 aromatic heterocycles. The number of aromatic nitrogens is 2. The van der Waals surface area contributed by atoms with Crippen molar-refractivity contribution in [2.24, 2.45) is 0 Å². The van der Waals surface area contributed by atoms with Gasteiger partial charge in [-0.1, -0.05) is 43.3 Å². The molecule has 1 aliphatic heterocycles. The minimum absolute atomic E-state index is 0.145. The molecule has 27 heavy (non-hydrogen) atoms. The van der Waals surface area contributed by atoms with E-state index in [1.165, 1.54) is 11.8 Å². The Kier molecular flexibility index (Phi) is 6.34. The summed E-state index contributed by atoms with van der Waals surface area (Å²) in [6.45, 7) is 6.46. The first-order chi connectivity index (χ1) is 13.1. The Balaban J connectivity index is 1.88. The molecule has 0 aliphatic carbocycles. The number of thioether (sulfide) groups is 1. The quantitative estimate of drug-likeness (QED) is 0.313. The molecule has 0 unspecified atom stereocenters. The molecule has 2 aromatic rings. The van der Waals surface area contributed by atoms with Gasteiger partial charge in [-0.05, 0) is 24.1 Å². The van der Waals surface area contributed by atoms with Crippen LogP contribution in [0.3, 0.4) is 0 Å². The van der Waals surface area contributed by atoms with E-state index < -0.39 is 0 Å². The zero-order valence-corrected chi connectivity index (χ0v) is 16.1.